The van der Waals surface area contributed by atoms with Gasteiger partial charge in [0, 0.05) is 44.0 Å². The first-order valence-electron chi connectivity index (χ1n) is 8.13. The van der Waals surface area contributed by atoms with Crippen LogP contribution in [0.2, 0.25) is 0 Å². The molecule has 1 saturated carbocycles. The van der Waals surface area contributed by atoms with Crippen molar-refractivity contribution < 1.29 is 0 Å². The summed E-state index contributed by atoms with van der Waals surface area (Å²) in [4.78, 5) is 15.3. The van der Waals surface area contributed by atoms with E-state index in [-0.39, 0.29) is 0 Å². The van der Waals surface area contributed by atoms with Gasteiger partial charge in [0.25, 0.3) is 0 Å². The van der Waals surface area contributed by atoms with Gasteiger partial charge in [-0.2, -0.15) is 0 Å². The summed E-state index contributed by atoms with van der Waals surface area (Å²) in [6, 6.07) is 1.86. The predicted octanol–water partition coefficient (Wildman–Crippen LogP) is 2.05. The van der Waals surface area contributed by atoms with Crippen molar-refractivity contribution in [1.29, 1.82) is 0 Å². The van der Waals surface area contributed by atoms with Gasteiger partial charge < -0.3 is 15.2 Å². The zero-order valence-electron chi connectivity index (χ0n) is 12.7. The third kappa shape index (κ3) is 2.77. The van der Waals surface area contributed by atoms with Gasteiger partial charge in [-0.25, -0.2) is 15.0 Å². The number of nitrogens with two attached hydrogens (primary N) is 1. The number of rotatable bonds is 4. The van der Waals surface area contributed by atoms with Crippen LogP contribution in [0.3, 0.4) is 0 Å². The molecule has 1 atom stereocenters. The standard InChI is InChI=1S/C16H22N6/c17-14-8-15(20-11-19-14)21-6-1-2-13(10-21)16-18-5-7-22(16)9-12-3-4-12/h5,7-8,11-13H,1-4,6,9-10H2,(H2,17,19,20)/t13-/m0/s1. The molecule has 4 rings (SSSR count). The molecule has 1 aliphatic carbocycles. The smallest absolute Gasteiger partial charge is 0.134 e. The topological polar surface area (TPSA) is 72.9 Å². The summed E-state index contributed by atoms with van der Waals surface area (Å²) in [5.41, 5.74) is 5.79. The molecule has 3 heterocycles. The van der Waals surface area contributed by atoms with Crippen molar-refractivity contribution >= 4 is 11.6 Å². The van der Waals surface area contributed by atoms with E-state index in [1.165, 1.54) is 25.1 Å². The molecule has 6 heteroatoms. The summed E-state index contributed by atoms with van der Waals surface area (Å²) in [6.45, 7) is 3.11. The van der Waals surface area contributed by atoms with E-state index < -0.39 is 0 Å². The molecule has 116 valence electrons. The molecule has 1 aliphatic heterocycles. The number of anilines is 2. The second-order valence-corrected chi connectivity index (χ2v) is 6.47. The van der Waals surface area contributed by atoms with Gasteiger partial charge in [0.05, 0.1) is 0 Å². The molecule has 0 radical (unpaired) electrons. The van der Waals surface area contributed by atoms with Crippen LogP contribution >= 0.6 is 0 Å². The molecule has 2 aromatic heterocycles. The normalized spacial score (nSPS) is 22.0. The zero-order chi connectivity index (χ0) is 14.9. The van der Waals surface area contributed by atoms with E-state index >= 15 is 0 Å². The van der Waals surface area contributed by atoms with Gasteiger partial charge in [0.1, 0.15) is 23.8 Å². The second kappa shape index (κ2) is 5.59. The first kappa shape index (κ1) is 13.5. The molecule has 0 unspecified atom stereocenters. The highest BCUT2D eigenvalue weighted by Gasteiger charge is 2.28. The lowest BCUT2D eigenvalue weighted by Crippen LogP contribution is -2.36. The molecule has 0 spiro atoms. The monoisotopic (exact) mass is 298 g/mol. The largest absolute Gasteiger partial charge is 0.384 e. The Morgan fingerprint density at radius 2 is 2.09 bits per heavy atom. The first-order chi connectivity index (χ1) is 10.8. The molecule has 2 aromatic rings. The zero-order valence-corrected chi connectivity index (χ0v) is 12.7. The Hall–Kier alpha value is -2.11. The van der Waals surface area contributed by atoms with E-state index in [0.29, 0.717) is 11.7 Å². The van der Waals surface area contributed by atoms with Crippen LogP contribution < -0.4 is 10.6 Å². The van der Waals surface area contributed by atoms with Crippen LogP contribution in [0.4, 0.5) is 11.6 Å². The van der Waals surface area contributed by atoms with Crippen LogP contribution in [-0.4, -0.2) is 32.6 Å². The van der Waals surface area contributed by atoms with E-state index in [1.807, 2.05) is 12.3 Å². The highest BCUT2D eigenvalue weighted by atomic mass is 15.2. The average Bonchev–Trinajstić information content (AvgIpc) is 3.23. The Kier molecular flexibility index (Phi) is 3.44. The second-order valence-electron chi connectivity index (χ2n) is 6.47. The van der Waals surface area contributed by atoms with Crippen molar-refractivity contribution in [2.45, 2.75) is 38.1 Å². The lowest BCUT2D eigenvalue weighted by atomic mass is 9.97. The van der Waals surface area contributed by atoms with Gasteiger partial charge in [0.2, 0.25) is 0 Å². The lowest BCUT2D eigenvalue weighted by molar-refractivity contribution is 0.461. The van der Waals surface area contributed by atoms with Crippen LogP contribution in [0.5, 0.6) is 0 Å². The van der Waals surface area contributed by atoms with E-state index in [2.05, 4.69) is 30.6 Å². The fourth-order valence-corrected chi connectivity index (χ4v) is 3.34. The van der Waals surface area contributed by atoms with Gasteiger partial charge >= 0.3 is 0 Å². The summed E-state index contributed by atoms with van der Waals surface area (Å²) < 4.78 is 2.36. The molecular formula is C16H22N6. The van der Waals surface area contributed by atoms with Crippen molar-refractivity contribution in [3.63, 3.8) is 0 Å². The van der Waals surface area contributed by atoms with Crippen molar-refractivity contribution in [3.8, 4) is 0 Å². The number of hydrogen-bond acceptors (Lipinski definition) is 5. The summed E-state index contributed by atoms with van der Waals surface area (Å²) in [5.74, 6) is 4.03. The summed E-state index contributed by atoms with van der Waals surface area (Å²) in [6.07, 6.45) is 10.7. The van der Waals surface area contributed by atoms with Gasteiger partial charge in [-0.05, 0) is 31.6 Å². The molecule has 0 bridgehead atoms. The molecular weight excluding hydrogens is 276 g/mol. The van der Waals surface area contributed by atoms with Gasteiger partial charge in [-0.1, -0.05) is 0 Å². The SMILES string of the molecule is Nc1cc(N2CCC[C@H](c3nccn3CC3CC3)C2)ncn1. The Morgan fingerprint density at radius 1 is 1.18 bits per heavy atom. The third-order valence-electron chi connectivity index (χ3n) is 4.68. The number of aromatic nitrogens is 4. The first-order valence-corrected chi connectivity index (χ1v) is 8.13. The Balaban J connectivity index is 1.52. The Morgan fingerprint density at radius 3 is 2.91 bits per heavy atom. The van der Waals surface area contributed by atoms with Crippen molar-refractivity contribution in [2.24, 2.45) is 5.92 Å². The van der Waals surface area contributed by atoms with E-state index in [9.17, 15) is 0 Å². The predicted molar refractivity (Wildman–Crippen MR) is 85.6 cm³/mol. The molecule has 1 saturated heterocycles. The number of piperidine rings is 1. The van der Waals surface area contributed by atoms with Crippen LogP contribution in [0, 0.1) is 5.92 Å². The van der Waals surface area contributed by atoms with Crippen LogP contribution in [-0.2, 0) is 6.54 Å². The van der Waals surface area contributed by atoms with Gasteiger partial charge in [-0.15, -0.1) is 0 Å². The van der Waals surface area contributed by atoms with E-state index in [1.54, 1.807) is 6.33 Å². The maximum absolute atomic E-state index is 5.79. The quantitative estimate of drug-likeness (QED) is 0.935. The van der Waals surface area contributed by atoms with E-state index in [0.717, 1.165) is 37.8 Å². The molecule has 0 amide bonds. The molecule has 2 N–H and O–H groups in total. The molecule has 2 aliphatic rings. The number of hydrogen-bond donors (Lipinski definition) is 1. The maximum atomic E-state index is 5.79. The van der Waals surface area contributed by atoms with E-state index in [4.69, 9.17) is 5.73 Å². The van der Waals surface area contributed by atoms with Crippen LogP contribution in [0.15, 0.2) is 24.8 Å². The Labute approximate surface area is 130 Å². The molecule has 22 heavy (non-hydrogen) atoms. The molecule has 0 aromatic carbocycles. The fourth-order valence-electron chi connectivity index (χ4n) is 3.34. The summed E-state index contributed by atoms with van der Waals surface area (Å²) in [5, 5.41) is 0. The lowest BCUT2D eigenvalue weighted by Gasteiger charge is -2.33. The average molecular weight is 298 g/mol. The molecule has 2 fully saturated rings. The maximum Gasteiger partial charge on any atom is 0.134 e. The highest BCUT2D eigenvalue weighted by Crippen LogP contribution is 2.33. The minimum absolute atomic E-state index is 0.471. The minimum Gasteiger partial charge on any atom is -0.384 e. The molecule has 6 nitrogen and oxygen atoms in total. The highest BCUT2D eigenvalue weighted by molar-refractivity contribution is 5.46. The number of nitrogens with zero attached hydrogens (tertiary/aromatic N) is 5. The van der Waals surface area contributed by atoms with Crippen LogP contribution in [0.25, 0.3) is 0 Å². The van der Waals surface area contributed by atoms with Gasteiger partial charge in [-0.3, -0.25) is 0 Å². The van der Waals surface area contributed by atoms with Crippen molar-refractivity contribution in [2.75, 3.05) is 23.7 Å². The Bertz CT molecular complexity index is 648. The summed E-state index contributed by atoms with van der Waals surface area (Å²) in [7, 11) is 0. The number of imidazole rings is 1. The summed E-state index contributed by atoms with van der Waals surface area (Å²) >= 11 is 0. The third-order valence-corrected chi connectivity index (χ3v) is 4.68. The van der Waals surface area contributed by atoms with Crippen molar-refractivity contribution in [3.05, 3.63) is 30.6 Å². The van der Waals surface area contributed by atoms with Crippen molar-refractivity contribution in [1.82, 2.24) is 19.5 Å². The van der Waals surface area contributed by atoms with Gasteiger partial charge in [0.15, 0.2) is 0 Å². The van der Waals surface area contributed by atoms with Crippen LogP contribution in [0.1, 0.15) is 37.4 Å². The fraction of sp³-hybridized carbons (Fsp3) is 0.562. The number of nitrogen functional groups attached to an aromatic ring is 1. The minimum atomic E-state index is 0.471.